The summed E-state index contributed by atoms with van der Waals surface area (Å²) in [6.45, 7) is 6.61. The number of aromatic nitrogens is 2. The van der Waals surface area contributed by atoms with Gasteiger partial charge in [0.1, 0.15) is 5.75 Å². The Morgan fingerprint density at radius 2 is 2.00 bits per heavy atom. The van der Waals surface area contributed by atoms with Crippen LogP contribution in [0.3, 0.4) is 0 Å². The van der Waals surface area contributed by atoms with Crippen LogP contribution in [0.25, 0.3) is 0 Å². The van der Waals surface area contributed by atoms with Gasteiger partial charge < -0.3 is 14.8 Å². The van der Waals surface area contributed by atoms with Crippen LogP contribution in [-0.4, -0.2) is 53.0 Å². The number of unbranched alkanes of at least 4 members (excludes halogenated alkanes) is 1. The molecule has 1 aliphatic heterocycles. The summed E-state index contributed by atoms with van der Waals surface area (Å²) in [6.07, 6.45) is 2.68. The first-order chi connectivity index (χ1) is 16.2. The number of carbonyl (C=O) groups excluding carboxylic acids is 1. The minimum absolute atomic E-state index is 0.0562. The van der Waals surface area contributed by atoms with E-state index in [0.717, 1.165) is 42.9 Å². The fraction of sp³-hybridized carbons (Fsp3) is 0.400. The van der Waals surface area contributed by atoms with Crippen LogP contribution in [0, 0.1) is 0 Å². The summed E-state index contributed by atoms with van der Waals surface area (Å²) >= 11 is 1.25. The second-order valence-corrected chi connectivity index (χ2v) is 8.78. The molecule has 2 heterocycles. The molecule has 1 saturated heterocycles. The Morgan fingerprint density at radius 1 is 1.18 bits per heavy atom. The highest BCUT2D eigenvalue weighted by Crippen LogP contribution is 2.29. The van der Waals surface area contributed by atoms with Crippen LogP contribution in [0.4, 0.5) is 0 Å². The first-order valence-electron chi connectivity index (χ1n) is 11.5. The summed E-state index contributed by atoms with van der Waals surface area (Å²) in [7, 11) is 0. The third-order valence-corrected chi connectivity index (χ3v) is 6.12. The van der Waals surface area contributed by atoms with Crippen molar-refractivity contribution in [1.29, 1.82) is 0 Å². The zero-order valence-electron chi connectivity index (χ0n) is 19.0. The molecule has 33 heavy (non-hydrogen) atoms. The summed E-state index contributed by atoms with van der Waals surface area (Å²) in [5.41, 5.74) is 2.76. The van der Waals surface area contributed by atoms with Gasteiger partial charge in [0.05, 0.1) is 13.2 Å². The number of morpholine rings is 1. The van der Waals surface area contributed by atoms with E-state index in [-0.39, 0.29) is 5.91 Å². The number of rotatable bonds is 10. The molecule has 1 aromatic heterocycles. The summed E-state index contributed by atoms with van der Waals surface area (Å²) in [4.78, 5) is 19.5. The van der Waals surface area contributed by atoms with Crippen molar-refractivity contribution in [3.05, 3.63) is 71.0 Å². The summed E-state index contributed by atoms with van der Waals surface area (Å²) in [5, 5.41) is 3.50. The molecule has 2 aromatic carbocycles. The van der Waals surface area contributed by atoms with Crippen LogP contribution in [-0.2, 0) is 17.7 Å². The molecule has 0 unspecified atom stereocenters. The minimum atomic E-state index is -0.0562. The Kier molecular flexibility index (Phi) is 8.41. The molecule has 1 fully saturated rings. The monoisotopic (exact) mass is 466 g/mol. The minimum Gasteiger partial charge on any atom is -0.430 e. The van der Waals surface area contributed by atoms with E-state index in [4.69, 9.17) is 9.47 Å². The maximum atomic E-state index is 12.6. The Morgan fingerprint density at radius 3 is 2.79 bits per heavy atom. The zero-order chi connectivity index (χ0) is 22.9. The number of nitrogens with zero attached hydrogens (tertiary/aromatic N) is 3. The molecule has 0 saturated carbocycles. The molecule has 1 N–H and O–H groups in total. The van der Waals surface area contributed by atoms with E-state index in [1.165, 1.54) is 11.5 Å². The van der Waals surface area contributed by atoms with Crippen LogP contribution in [0.1, 0.15) is 47.1 Å². The number of amides is 1. The van der Waals surface area contributed by atoms with Crippen LogP contribution >= 0.6 is 11.5 Å². The lowest BCUT2D eigenvalue weighted by Gasteiger charge is -2.27. The van der Waals surface area contributed by atoms with Gasteiger partial charge in [-0.05, 0) is 30.2 Å². The summed E-state index contributed by atoms with van der Waals surface area (Å²) < 4.78 is 16.1. The molecular weight excluding hydrogens is 436 g/mol. The van der Waals surface area contributed by atoms with E-state index < -0.39 is 0 Å². The quantitative estimate of drug-likeness (QED) is 0.450. The predicted molar refractivity (Wildman–Crippen MR) is 129 cm³/mol. The van der Waals surface area contributed by atoms with Crippen molar-refractivity contribution in [1.82, 2.24) is 19.6 Å². The van der Waals surface area contributed by atoms with Gasteiger partial charge in [-0.3, -0.25) is 9.69 Å². The van der Waals surface area contributed by atoms with Crippen molar-refractivity contribution in [3.8, 4) is 10.9 Å². The molecule has 0 atom stereocenters. The smallest absolute Gasteiger partial charge is 0.298 e. The van der Waals surface area contributed by atoms with E-state index in [0.29, 0.717) is 49.2 Å². The van der Waals surface area contributed by atoms with Gasteiger partial charge >= 0.3 is 0 Å². The first-order valence-corrected chi connectivity index (χ1v) is 12.2. The maximum absolute atomic E-state index is 12.6. The number of carbonyl (C=O) groups is 1. The van der Waals surface area contributed by atoms with E-state index >= 15 is 0 Å². The fourth-order valence-electron chi connectivity index (χ4n) is 3.65. The van der Waals surface area contributed by atoms with E-state index in [2.05, 4.69) is 38.6 Å². The van der Waals surface area contributed by atoms with Gasteiger partial charge in [-0.1, -0.05) is 43.7 Å². The van der Waals surface area contributed by atoms with Gasteiger partial charge in [0.25, 0.3) is 11.1 Å². The molecule has 0 spiro atoms. The Labute approximate surface area is 198 Å². The fourth-order valence-corrected chi connectivity index (χ4v) is 4.21. The van der Waals surface area contributed by atoms with Gasteiger partial charge in [-0.25, -0.2) is 0 Å². The van der Waals surface area contributed by atoms with E-state index in [1.54, 1.807) is 0 Å². The predicted octanol–water partition coefficient (Wildman–Crippen LogP) is 4.28. The number of hydrogen-bond acceptors (Lipinski definition) is 7. The molecule has 0 aliphatic carbocycles. The lowest BCUT2D eigenvalue weighted by Crippen LogP contribution is -2.35. The highest BCUT2D eigenvalue weighted by Gasteiger charge is 2.17. The molecule has 7 nitrogen and oxygen atoms in total. The van der Waals surface area contributed by atoms with Crippen molar-refractivity contribution in [2.24, 2.45) is 0 Å². The van der Waals surface area contributed by atoms with Crippen molar-refractivity contribution in [2.45, 2.75) is 32.7 Å². The number of benzene rings is 2. The molecule has 0 bridgehead atoms. The van der Waals surface area contributed by atoms with E-state index in [9.17, 15) is 4.79 Å². The van der Waals surface area contributed by atoms with Gasteiger partial charge in [0.2, 0.25) is 0 Å². The standard InChI is InChI=1S/C25H30N4O3S/c1-2-3-11-26-24(30)20-9-10-22(21(17-20)18-29-12-14-31-15-13-29)32-25-27-23(28-33-25)16-19-7-5-4-6-8-19/h4-10,17H,2-3,11-16,18H2,1H3,(H,26,30). The molecule has 174 valence electrons. The van der Waals surface area contributed by atoms with Crippen LogP contribution in [0.15, 0.2) is 48.5 Å². The van der Waals surface area contributed by atoms with Gasteiger partial charge in [-0.2, -0.15) is 9.36 Å². The van der Waals surface area contributed by atoms with Gasteiger partial charge in [0, 0.05) is 55.3 Å². The molecule has 0 radical (unpaired) electrons. The van der Waals surface area contributed by atoms with Crippen LogP contribution < -0.4 is 10.1 Å². The molecule has 8 heteroatoms. The number of nitrogens with one attached hydrogen (secondary N) is 1. The second kappa shape index (κ2) is 11.9. The second-order valence-electron chi connectivity index (χ2n) is 8.06. The third-order valence-electron chi connectivity index (χ3n) is 5.49. The van der Waals surface area contributed by atoms with Crippen LogP contribution in [0.5, 0.6) is 10.9 Å². The average Bonchev–Trinajstić information content (AvgIpc) is 3.28. The molecule has 1 aliphatic rings. The van der Waals surface area contributed by atoms with Crippen molar-refractivity contribution in [3.63, 3.8) is 0 Å². The Hall–Kier alpha value is -2.81. The zero-order valence-corrected chi connectivity index (χ0v) is 19.8. The largest absolute Gasteiger partial charge is 0.430 e. The molecule has 4 rings (SSSR count). The van der Waals surface area contributed by atoms with Crippen LogP contribution in [0.2, 0.25) is 0 Å². The van der Waals surface area contributed by atoms with Gasteiger partial charge in [0.15, 0.2) is 5.82 Å². The third kappa shape index (κ3) is 6.83. The SMILES string of the molecule is CCCCNC(=O)c1ccc(Oc2nc(Cc3ccccc3)ns2)c(CN2CCOCC2)c1. The topological polar surface area (TPSA) is 76.6 Å². The Balaban J connectivity index is 1.50. The molecule has 3 aromatic rings. The number of ether oxygens (including phenoxy) is 2. The van der Waals surface area contributed by atoms with Gasteiger partial charge in [-0.15, -0.1) is 0 Å². The highest BCUT2D eigenvalue weighted by atomic mass is 32.1. The average molecular weight is 467 g/mol. The molecular formula is C25H30N4O3S. The Bertz CT molecular complexity index is 1040. The normalized spacial score (nSPS) is 14.2. The maximum Gasteiger partial charge on any atom is 0.298 e. The molecule has 1 amide bonds. The summed E-state index contributed by atoms with van der Waals surface area (Å²) in [5.74, 6) is 1.39. The highest BCUT2D eigenvalue weighted by molar-refractivity contribution is 7.07. The lowest BCUT2D eigenvalue weighted by atomic mass is 10.1. The number of hydrogen-bond donors (Lipinski definition) is 1. The van der Waals surface area contributed by atoms with E-state index in [1.807, 2.05) is 36.4 Å². The van der Waals surface area contributed by atoms with Crippen molar-refractivity contribution < 1.29 is 14.3 Å². The van der Waals surface area contributed by atoms with Crippen molar-refractivity contribution >= 4 is 17.4 Å². The first kappa shape index (κ1) is 23.4. The summed E-state index contributed by atoms with van der Waals surface area (Å²) in [6, 6.07) is 15.7. The lowest BCUT2D eigenvalue weighted by molar-refractivity contribution is 0.0339. The van der Waals surface area contributed by atoms with Crippen molar-refractivity contribution in [2.75, 3.05) is 32.8 Å².